The monoisotopic (exact) mass is 397 g/mol. The maximum Gasteiger partial charge on any atom is 0.273 e. The zero-order chi connectivity index (χ0) is 20.3. The molecule has 3 aromatic rings. The zero-order valence-corrected chi connectivity index (χ0v) is 16.4. The van der Waals surface area contributed by atoms with Crippen LogP contribution in [0.4, 0.5) is 5.69 Å². The van der Waals surface area contributed by atoms with E-state index in [0.717, 1.165) is 22.9 Å². The predicted octanol–water partition coefficient (Wildman–Crippen LogP) is 5.16. The maximum absolute atomic E-state index is 13.0. The van der Waals surface area contributed by atoms with E-state index in [1.807, 2.05) is 37.3 Å². The van der Waals surface area contributed by atoms with E-state index in [0.29, 0.717) is 17.3 Å². The molecule has 0 fully saturated rings. The van der Waals surface area contributed by atoms with E-state index in [1.54, 1.807) is 24.0 Å². The molecule has 1 amide bonds. The minimum atomic E-state index is -0.472. The molecule has 0 aliphatic heterocycles. The minimum absolute atomic E-state index is 0.0623. The zero-order valence-electron chi connectivity index (χ0n) is 15.7. The normalized spacial score (nSPS) is 10.8. The number of carbonyl (C=O) groups is 1. The van der Waals surface area contributed by atoms with Gasteiger partial charge in [-0.3, -0.25) is 14.9 Å². The molecule has 3 rings (SSSR count). The first-order valence-corrected chi connectivity index (χ1v) is 9.37. The fourth-order valence-electron chi connectivity index (χ4n) is 3.10. The second-order valence-corrected chi connectivity index (χ2v) is 6.97. The summed E-state index contributed by atoms with van der Waals surface area (Å²) in [7, 11) is 0. The standard InChI is InChI=1S/C21H20ClN3O3/c1-3-10-24(21(26)16-9-8-14(2)19(12-16)25(27)28)13-17-11-15-6-4-5-7-18(15)23-20(17)22/h4-9,11-12H,3,10,13H2,1-2H3. The first kappa shape index (κ1) is 19.8. The largest absolute Gasteiger partial charge is 0.334 e. The fraction of sp³-hybridized carbons (Fsp3) is 0.238. The van der Waals surface area contributed by atoms with Gasteiger partial charge in [0.2, 0.25) is 0 Å². The van der Waals surface area contributed by atoms with Crippen molar-refractivity contribution in [2.75, 3.05) is 6.54 Å². The molecule has 0 unspecified atom stereocenters. The lowest BCUT2D eigenvalue weighted by Crippen LogP contribution is -2.31. The number of aromatic nitrogens is 1. The van der Waals surface area contributed by atoms with Crippen LogP contribution in [0, 0.1) is 17.0 Å². The fourth-order valence-corrected chi connectivity index (χ4v) is 3.30. The summed E-state index contributed by atoms with van der Waals surface area (Å²) in [6.45, 7) is 4.41. The van der Waals surface area contributed by atoms with Gasteiger partial charge in [-0.15, -0.1) is 0 Å². The summed E-state index contributed by atoms with van der Waals surface area (Å²) in [6.07, 6.45) is 0.748. The lowest BCUT2D eigenvalue weighted by molar-refractivity contribution is -0.385. The quantitative estimate of drug-likeness (QED) is 0.327. The van der Waals surface area contributed by atoms with Crippen LogP contribution in [-0.2, 0) is 6.54 Å². The van der Waals surface area contributed by atoms with Crippen molar-refractivity contribution in [1.82, 2.24) is 9.88 Å². The van der Waals surface area contributed by atoms with E-state index in [-0.39, 0.29) is 23.7 Å². The number of hydrogen-bond acceptors (Lipinski definition) is 4. The van der Waals surface area contributed by atoms with Gasteiger partial charge in [-0.25, -0.2) is 4.98 Å². The van der Waals surface area contributed by atoms with E-state index >= 15 is 0 Å². The molecule has 6 nitrogen and oxygen atoms in total. The lowest BCUT2D eigenvalue weighted by Gasteiger charge is -2.23. The Kier molecular flexibility index (Phi) is 5.90. The van der Waals surface area contributed by atoms with Crippen LogP contribution in [0.1, 0.15) is 34.8 Å². The second kappa shape index (κ2) is 8.35. The molecule has 0 atom stereocenters. The van der Waals surface area contributed by atoms with E-state index in [9.17, 15) is 14.9 Å². The Balaban J connectivity index is 1.94. The van der Waals surface area contributed by atoms with Crippen molar-refractivity contribution in [3.63, 3.8) is 0 Å². The second-order valence-electron chi connectivity index (χ2n) is 6.62. The molecule has 1 aromatic heterocycles. The number of amides is 1. The van der Waals surface area contributed by atoms with E-state index in [4.69, 9.17) is 11.6 Å². The number of nitro benzene ring substituents is 1. The molecule has 0 aliphatic rings. The van der Waals surface area contributed by atoms with Crippen LogP contribution in [0.2, 0.25) is 5.15 Å². The highest BCUT2D eigenvalue weighted by Gasteiger charge is 2.21. The van der Waals surface area contributed by atoms with E-state index < -0.39 is 4.92 Å². The maximum atomic E-state index is 13.0. The Hall–Kier alpha value is -2.99. The predicted molar refractivity (Wildman–Crippen MR) is 110 cm³/mol. The van der Waals surface area contributed by atoms with E-state index in [2.05, 4.69) is 4.98 Å². The van der Waals surface area contributed by atoms with Crippen molar-refractivity contribution in [2.24, 2.45) is 0 Å². The summed E-state index contributed by atoms with van der Waals surface area (Å²) in [6, 6.07) is 14.1. The molecule has 0 N–H and O–H groups in total. The molecule has 0 radical (unpaired) electrons. The number of fused-ring (bicyclic) bond motifs is 1. The van der Waals surface area contributed by atoms with Crippen LogP contribution in [-0.4, -0.2) is 27.3 Å². The van der Waals surface area contributed by atoms with E-state index in [1.165, 1.54) is 6.07 Å². The van der Waals surface area contributed by atoms with Crippen molar-refractivity contribution < 1.29 is 9.72 Å². The minimum Gasteiger partial charge on any atom is -0.334 e. The van der Waals surface area contributed by atoms with Crippen molar-refractivity contribution in [2.45, 2.75) is 26.8 Å². The van der Waals surface area contributed by atoms with Crippen LogP contribution in [0.5, 0.6) is 0 Å². The summed E-state index contributed by atoms with van der Waals surface area (Å²) in [4.78, 5) is 29.8. The summed E-state index contributed by atoms with van der Waals surface area (Å²) in [5, 5.41) is 12.5. The first-order chi connectivity index (χ1) is 13.4. The Morgan fingerprint density at radius 1 is 1.21 bits per heavy atom. The van der Waals surface area contributed by atoms with Gasteiger partial charge in [-0.05, 0) is 31.5 Å². The Morgan fingerprint density at radius 2 is 1.96 bits per heavy atom. The summed E-state index contributed by atoms with van der Waals surface area (Å²) in [5.74, 6) is -0.269. The van der Waals surface area contributed by atoms with Crippen molar-refractivity contribution in [3.8, 4) is 0 Å². The average molecular weight is 398 g/mol. The summed E-state index contributed by atoms with van der Waals surface area (Å²) in [5.41, 5.74) is 2.27. The number of para-hydroxylation sites is 1. The number of aryl methyl sites for hydroxylation is 1. The third kappa shape index (κ3) is 4.12. The highest BCUT2D eigenvalue weighted by atomic mass is 35.5. The molecule has 0 aliphatic carbocycles. The van der Waals surface area contributed by atoms with Gasteiger partial charge in [0.25, 0.3) is 11.6 Å². The van der Waals surface area contributed by atoms with Gasteiger partial charge in [0, 0.05) is 41.2 Å². The number of benzene rings is 2. The van der Waals surface area contributed by atoms with Crippen LogP contribution in [0.25, 0.3) is 10.9 Å². The van der Waals surface area contributed by atoms with Gasteiger partial charge in [0.05, 0.1) is 10.4 Å². The number of rotatable bonds is 6. The topological polar surface area (TPSA) is 76.3 Å². The molecule has 144 valence electrons. The third-order valence-corrected chi connectivity index (χ3v) is 4.87. The van der Waals surface area contributed by atoms with Gasteiger partial charge in [-0.2, -0.15) is 0 Å². The number of halogens is 1. The van der Waals surface area contributed by atoms with Gasteiger partial charge in [-0.1, -0.05) is 42.8 Å². The van der Waals surface area contributed by atoms with Crippen molar-refractivity contribution >= 4 is 34.1 Å². The van der Waals surface area contributed by atoms with Crippen LogP contribution < -0.4 is 0 Å². The SMILES string of the molecule is CCCN(Cc1cc2ccccc2nc1Cl)C(=O)c1ccc(C)c([N+](=O)[O-])c1. The van der Waals surface area contributed by atoms with Crippen LogP contribution in [0.3, 0.4) is 0 Å². The molecule has 1 heterocycles. The number of carbonyl (C=O) groups excluding carboxylic acids is 1. The average Bonchev–Trinajstić information content (AvgIpc) is 2.67. The first-order valence-electron chi connectivity index (χ1n) is 8.99. The molecule has 0 bridgehead atoms. The van der Waals surface area contributed by atoms with Gasteiger partial charge in [0.1, 0.15) is 5.15 Å². The smallest absolute Gasteiger partial charge is 0.273 e. The van der Waals surface area contributed by atoms with Crippen LogP contribution in [0.15, 0.2) is 48.5 Å². The molecule has 2 aromatic carbocycles. The molecule has 28 heavy (non-hydrogen) atoms. The molecular formula is C21H20ClN3O3. The van der Waals surface area contributed by atoms with Gasteiger partial charge in [0.15, 0.2) is 0 Å². The number of nitro groups is 1. The number of pyridine rings is 1. The Bertz CT molecular complexity index is 1050. The molecular weight excluding hydrogens is 378 g/mol. The number of hydrogen-bond donors (Lipinski definition) is 0. The lowest BCUT2D eigenvalue weighted by atomic mass is 10.1. The number of nitrogens with zero attached hydrogens (tertiary/aromatic N) is 3. The molecule has 0 saturated heterocycles. The van der Waals surface area contributed by atoms with Crippen molar-refractivity contribution in [1.29, 1.82) is 0 Å². The summed E-state index contributed by atoms with van der Waals surface area (Å²) >= 11 is 6.35. The van der Waals surface area contributed by atoms with Crippen LogP contribution >= 0.6 is 11.6 Å². The summed E-state index contributed by atoms with van der Waals surface area (Å²) < 4.78 is 0. The molecule has 7 heteroatoms. The van der Waals surface area contributed by atoms with Gasteiger partial charge >= 0.3 is 0 Å². The Morgan fingerprint density at radius 3 is 2.68 bits per heavy atom. The van der Waals surface area contributed by atoms with Crippen molar-refractivity contribution in [3.05, 3.63) is 80.5 Å². The highest BCUT2D eigenvalue weighted by molar-refractivity contribution is 6.30. The van der Waals surface area contributed by atoms with Gasteiger partial charge < -0.3 is 4.90 Å². The molecule has 0 spiro atoms. The third-order valence-electron chi connectivity index (χ3n) is 4.54. The highest BCUT2D eigenvalue weighted by Crippen LogP contribution is 2.24. The molecule has 0 saturated carbocycles. The Labute approximate surface area is 167 Å².